The second-order valence-corrected chi connectivity index (χ2v) is 6.84. The van der Waals surface area contributed by atoms with Gasteiger partial charge in [-0.15, -0.1) is 0 Å². The largest absolute Gasteiger partial charge is 0.497 e. The molecule has 2 aromatic carbocycles. The van der Waals surface area contributed by atoms with E-state index in [2.05, 4.69) is 5.32 Å². The molecule has 0 radical (unpaired) electrons. The fraction of sp³-hybridized carbons (Fsp3) is 0.364. The molecule has 0 spiro atoms. The van der Waals surface area contributed by atoms with Crippen LogP contribution in [0.25, 0.3) is 0 Å². The van der Waals surface area contributed by atoms with Crippen LogP contribution < -0.4 is 24.4 Å². The number of methoxy groups -OCH3 is 3. The molecule has 1 N–H and O–H groups in total. The van der Waals surface area contributed by atoms with Gasteiger partial charge >= 0.3 is 0 Å². The summed E-state index contributed by atoms with van der Waals surface area (Å²) in [6.07, 6.45) is 0.867. The smallest absolute Gasteiger partial charge is 0.227 e. The third-order valence-electron chi connectivity index (χ3n) is 5.02. The molecule has 3 rings (SSSR count). The molecular formula is C22H26N2O5. The summed E-state index contributed by atoms with van der Waals surface area (Å²) in [7, 11) is 4.77. The number of ether oxygens (including phenoxy) is 3. The molecule has 29 heavy (non-hydrogen) atoms. The summed E-state index contributed by atoms with van der Waals surface area (Å²) in [5.41, 5.74) is 1.78. The van der Waals surface area contributed by atoms with Crippen LogP contribution in [-0.4, -0.2) is 46.2 Å². The van der Waals surface area contributed by atoms with Crippen LogP contribution in [0.4, 0.5) is 5.69 Å². The van der Waals surface area contributed by atoms with Gasteiger partial charge in [0.1, 0.15) is 5.75 Å². The van der Waals surface area contributed by atoms with E-state index in [1.807, 2.05) is 36.4 Å². The minimum atomic E-state index is -0.362. The Kier molecular flexibility index (Phi) is 6.59. The van der Waals surface area contributed by atoms with Crippen LogP contribution in [-0.2, 0) is 16.0 Å². The van der Waals surface area contributed by atoms with Crippen LogP contribution in [0.3, 0.4) is 0 Å². The molecule has 1 aliphatic heterocycles. The molecule has 2 amide bonds. The van der Waals surface area contributed by atoms with Crippen LogP contribution in [0.1, 0.15) is 12.0 Å². The Morgan fingerprint density at radius 3 is 2.59 bits per heavy atom. The standard InChI is InChI=1S/C22H26N2O5/c1-27-18-6-4-5-17(13-18)24-14-16(12-21(24)25)22(26)23-10-9-15-7-8-19(28-2)20(11-15)29-3/h4-8,11,13,16H,9-10,12,14H2,1-3H3,(H,23,26). The fourth-order valence-corrected chi connectivity index (χ4v) is 3.42. The van der Waals surface area contributed by atoms with Gasteiger partial charge in [-0.3, -0.25) is 9.59 Å². The van der Waals surface area contributed by atoms with E-state index < -0.39 is 0 Å². The molecule has 1 unspecified atom stereocenters. The number of carbonyl (C=O) groups is 2. The van der Waals surface area contributed by atoms with E-state index in [1.54, 1.807) is 32.3 Å². The van der Waals surface area contributed by atoms with Gasteiger partial charge in [0.25, 0.3) is 0 Å². The van der Waals surface area contributed by atoms with Gasteiger partial charge in [0, 0.05) is 31.3 Å². The van der Waals surface area contributed by atoms with Crippen LogP contribution in [0, 0.1) is 5.92 Å². The molecule has 0 aliphatic carbocycles. The van der Waals surface area contributed by atoms with Gasteiger partial charge in [-0.25, -0.2) is 0 Å². The van der Waals surface area contributed by atoms with Gasteiger partial charge < -0.3 is 24.4 Å². The van der Waals surface area contributed by atoms with E-state index in [1.165, 1.54) is 0 Å². The molecule has 7 heteroatoms. The summed E-state index contributed by atoms with van der Waals surface area (Å²) in [5, 5.41) is 2.94. The molecule has 0 bridgehead atoms. The van der Waals surface area contributed by atoms with Crippen molar-refractivity contribution in [2.75, 3.05) is 39.3 Å². The van der Waals surface area contributed by atoms with Gasteiger partial charge in [0.2, 0.25) is 11.8 Å². The minimum Gasteiger partial charge on any atom is -0.497 e. The molecule has 1 heterocycles. The average molecular weight is 398 g/mol. The second kappa shape index (κ2) is 9.32. The van der Waals surface area contributed by atoms with E-state index in [4.69, 9.17) is 14.2 Å². The molecule has 1 atom stereocenters. The average Bonchev–Trinajstić information content (AvgIpc) is 3.15. The van der Waals surface area contributed by atoms with Crippen molar-refractivity contribution in [2.24, 2.45) is 5.92 Å². The van der Waals surface area contributed by atoms with E-state index >= 15 is 0 Å². The van der Waals surface area contributed by atoms with Gasteiger partial charge in [-0.05, 0) is 36.2 Å². The highest BCUT2D eigenvalue weighted by molar-refractivity contribution is 6.00. The number of hydrogen-bond donors (Lipinski definition) is 1. The molecule has 2 aromatic rings. The van der Waals surface area contributed by atoms with Crippen molar-refractivity contribution in [2.45, 2.75) is 12.8 Å². The van der Waals surface area contributed by atoms with Gasteiger partial charge in [0.05, 0.1) is 27.2 Å². The molecular weight excluding hydrogens is 372 g/mol. The number of hydrogen-bond acceptors (Lipinski definition) is 5. The zero-order chi connectivity index (χ0) is 20.8. The monoisotopic (exact) mass is 398 g/mol. The third kappa shape index (κ3) is 4.80. The number of carbonyl (C=O) groups excluding carboxylic acids is 2. The zero-order valence-electron chi connectivity index (χ0n) is 16.9. The summed E-state index contributed by atoms with van der Waals surface area (Å²) < 4.78 is 15.8. The first kappa shape index (κ1) is 20.5. The van der Waals surface area contributed by atoms with Crippen LogP contribution >= 0.6 is 0 Å². The number of amides is 2. The molecule has 7 nitrogen and oxygen atoms in total. The quantitative estimate of drug-likeness (QED) is 0.739. The summed E-state index contributed by atoms with van der Waals surface area (Å²) in [6, 6.07) is 13.0. The van der Waals surface area contributed by atoms with Crippen molar-refractivity contribution < 1.29 is 23.8 Å². The topological polar surface area (TPSA) is 77.1 Å². The van der Waals surface area contributed by atoms with Crippen LogP contribution in [0.15, 0.2) is 42.5 Å². The number of rotatable bonds is 8. The molecule has 0 saturated carbocycles. The molecule has 154 valence electrons. The normalized spacial score (nSPS) is 15.9. The van der Waals surface area contributed by atoms with E-state index in [-0.39, 0.29) is 24.2 Å². The Morgan fingerprint density at radius 2 is 1.86 bits per heavy atom. The number of anilines is 1. The number of nitrogens with zero attached hydrogens (tertiary/aromatic N) is 1. The van der Waals surface area contributed by atoms with Gasteiger partial charge in [-0.2, -0.15) is 0 Å². The summed E-state index contributed by atoms with van der Waals surface area (Å²) in [5.74, 6) is 1.48. The van der Waals surface area contributed by atoms with Crippen molar-refractivity contribution >= 4 is 17.5 Å². The van der Waals surface area contributed by atoms with E-state index in [0.29, 0.717) is 36.8 Å². The summed E-state index contributed by atoms with van der Waals surface area (Å²) in [6.45, 7) is 0.854. The highest BCUT2D eigenvalue weighted by atomic mass is 16.5. The maximum atomic E-state index is 12.5. The Balaban J connectivity index is 1.54. The first-order chi connectivity index (χ1) is 14.0. The SMILES string of the molecule is COc1cccc(N2CC(C(=O)NCCc3ccc(OC)c(OC)c3)CC2=O)c1. The highest BCUT2D eigenvalue weighted by Gasteiger charge is 2.35. The lowest BCUT2D eigenvalue weighted by atomic mass is 10.1. The zero-order valence-corrected chi connectivity index (χ0v) is 16.9. The van der Waals surface area contributed by atoms with E-state index in [0.717, 1.165) is 11.3 Å². The molecule has 1 aliphatic rings. The Hall–Kier alpha value is -3.22. The fourth-order valence-electron chi connectivity index (χ4n) is 3.42. The first-order valence-corrected chi connectivity index (χ1v) is 9.48. The maximum Gasteiger partial charge on any atom is 0.227 e. The predicted molar refractivity (Wildman–Crippen MR) is 110 cm³/mol. The second-order valence-electron chi connectivity index (χ2n) is 6.84. The first-order valence-electron chi connectivity index (χ1n) is 9.48. The Morgan fingerprint density at radius 1 is 1.07 bits per heavy atom. The molecule has 1 saturated heterocycles. The van der Waals surface area contributed by atoms with Crippen molar-refractivity contribution in [1.29, 1.82) is 0 Å². The third-order valence-corrected chi connectivity index (χ3v) is 5.02. The summed E-state index contributed by atoms with van der Waals surface area (Å²) in [4.78, 5) is 26.6. The van der Waals surface area contributed by atoms with Crippen molar-refractivity contribution in [3.8, 4) is 17.2 Å². The Bertz CT molecular complexity index is 883. The van der Waals surface area contributed by atoms with Crippen LogP contribution in [0.2, 0.25) is 0 Å². The number of benzene rings is 2. The van der Waals surface area contributed by atoms with Crippen molar-refractivity contribution in [3.05, 3.63) is 48.0 Å². The predicted octanol–water partition coefficient (Wildman–Crippen LogP) is 2.42. The minimum absolute atomic E-state index is 0.0571. The summed E-state index contributed by atoms with van der Waals surface area (Å²) >= 11 is 0. The van der Waals surface area contributed by atoms with Crippen molar-refractivity contribution in [1.82, 2.24) is 5.32 Å². The number of nitrogens with one attached hydrogen (secondary N) is 1. The molecule has 1 fully saturated rings. The maximum absolute atomic E-state index is 12.5. The molecule has 0 aromatic heterocycles. The van der Waals surface area contributed by atoms with Crippen LogP contribution in [0.5, 0.6) is 17.2 Å². The highest BCUT2D eigenvalue weighted by Crippen LogP contribution is 2.29. The van der Waals surface area contributed by atoms with Gasteiger partial charge in [-0.1, -0.05) is 12.1 Å². The lowest BCUT2D eigenvalue weighted by Crippen LogP contribution is -2.34. The van der Waals surface area contributed by atoms with Crippen molar-refractivity contribution in [3.63, 3.8) is 0 Å². The lowest BCUT2D eigenvalue weighted by molar-refractivity contribution is -0.126. The Labute approximate surface area is 170 Å². The lowest BCUT2D eigenvalue weighted by Gasteiger charge is -2.17. The van der Waals surface area contributed by atoms with Gasteiger partial charge in [0.15, 0.2) is 11.5 Å². The van der Waals surface area contributed by atoms with E-state index in [9.17, 15) is 9.59 Å².